The summed E-state index contributed by atoms with van der Waals surface area (Å²) in [5.41, 5.74) is 0. The number of ketones is 1. The van der Waals surface area contributed by atoms with E-state index in [1.54, 1.807) is 6.92 Å². The van der Waals surface area contributed by atoms with Gasteiger partial charge in [-0.3, -0.25) is 24.3 Å². The molecule has 14 heavy (non-hydrogen) atoms. The lowest BCUT2D eigenvalue weighted by Crippen LogP contribution is -2.36. The monoisotopic (exact) mass is 196 g/mol. The fourth-order valence-electron chi connectivity index (χ4n) is 1.37. The highest BCUT2D eigenvalue weighted by Crippen LogP contribution is 2.18. The number of Topliss-reactive ketones (excluding diaryl/α,β-unsaturated/α-hetero) is 1. The van der Waals surface area contributed by atoms with E-state index < -0.39 is 0 Å². The summed E-state index contributed by atoms with van der Waals surface area (Å²) in [7, 11) is 0. The first-order chi connectivity index (χ1) is 6.56. The molecule has 0 aromatic heterocycles. The third kappa shape index (κ3) is 2.04. The van der Waals surface area contributed by atoms with Crippen molar-refractivity contribution in [2.45, 2.75) is 13.3 Å². The molecule has 1 saturated heterocycles. The highest BCUT2D eigenvalue weighted by molar-refractivity contribution is 6.06. The third-order valence-corrected chi connectivity index (χ3v) is 2.09. The molecule has 0 aromatic rings. The number of carbonyl (C=O) groups excluding carboxylic acids is 3. The zero-order valence-corrected chi connectivity index (χ0v) is 8.02. The summed E-state index contributed by atoms with van der Waals surface area (Å²) in [6.45, 7) is 4.63. The van der Waals surface area contributed by atoms with Gasteiger partial charge in [-0.1, -0.05) is 6.92 Å². The van der Waals surface area contributed by atoms with Crippen LogP contribution in [0.15, 0.2) is 4.99 Å². The van der Waals surface area contributed by atoms with Crippen molar-refractivity contribution in [1.29, 1.82) is 0 Å². The molecule has 5 heteroatoms. The van der Waals surface area contributed by atoms with Gasteiger partial charge in [-0.15, -0.1) is 0 Å². The first kappa shape index (κ1) is 10.6. The standard InChI is InChI=1S/C9H12N2O3/c1-6-3-8(13)11(9(6)14)5-7(12)4-10-2/h6H,2-5H2,1H3. The second-order valence-corrected chi connectivity index (χ2v) is 3.34. The number of hydrogen-bond donors (Lipinski definition) is 0. The van der Waals surface area contributed by atoms with Crippen molar-refractivity contribution >= 4 is 24.3 Å². The van der Waals surface area contributed by atoms with E-state index in [0.717, 1.165) is 4.90 Å². The Morgan fingerprint density at radius 2 is 2.29 bits per heavy atom. The second-order valence-electron chi connectivity index (χ2n) is 3.34. The molecule has 1 atom stereocenters. The zero-order valence-electron chi connectivity index (χ0n) is 8.02. The highest BCUT2D eigenvalue weighted by atomic mass is 16.2. The maximum absolute atomic E-state index is 11.4. The molecule has 0 spiro atoms. The third-order valence-electron chi connectivity index (χ3n) is 2.09. The van der Waals surface area contributed by atoms with Crippen molar-refractivity contribution in [2.24, 2.45) is 10.9 Å². The topological polar surface area (TPSA) is 66.8 Å². The molecule has 0 N–H and O–H groups in total. The predicted octanol–water partition coefficient (Wildman–Crippen LogP) is -0.349. The quantitative estimate of drug-likeness (QED) is 0.456. The van der Waals surface area contributed by atoms with Gasteiger partial charge in [0.05, 0.1) is 13.1 Å². The van der Waals surface area contributed by atoms with Gasteiger partial charge >= 0.3 is 0 Å². The molecule has 1 heterocycles. The maximum Gasteiger partial charge on any atom is 0.232 e. The summed E-state index contributed by atoms with van der Waals surface area (Å²) in [4.78, 5) is 38.1. The summed E-state index contributed by atoms with van der Waals surface area (Å²) in [6, 6.07) is 0. The van der Waals surface area contributed by atoms with Crippen LogP contribution in [0.5, 0.6) is 0 Å². The van der Waals surface area contributed by atoms with E-state index in [2.05, 4.69) is 11.7 Å². The van der Waals surface area contributed by atoms with E-state index in [9.17, 15) is 14.4 Å². The average Bonchev–Trinajstić information content (AvgIpc) is 2.33. The Morgan fingerprint density at radius 1 is 1.64 bits per heavy atom. The first-order valence-corrected chi connectivity index (χ1v) is 4.34. The van der Waals surface area contributed by atoms with Gasteiger partial charge in [-0.25, -0.2) is 0 Å². The van der Waals surface area contributed by atoms with E-state index >= 15 is 0 Å². The molecule has 1 fully saturated rings. The van der Waals surface area contributed by atoms with E-state index in [4.69, 9.17) is 0 Å². The fraction of sp³-hybridized carbons (Fsp3) is 0.556. The minimum absolute atomic E-state index is 0.0502. The number of likely N-dealkylation sites (tertiary alicyclic amines) is 1. The number of nitrogens with zero attached hydrogens (tertiary/aromatic N) is 2. The lowest BCUT2D eigenvalue weighted by molar-refractivity contribution is -0.142. The fourth-order valence-corrected chi connectivity index (χ4v) is 1.37. The molecule has 1 rings (SSSR count). The minimum Gasteiger partial charge on any atom is -0.296 e. The summed E-state index contributed by atoms with van der Waals surface area (Å²) in [5.74, 6) is -1.12. The van der Waals surface area contributed by atoms with Gasteiger partial charge in [0.2, 0.25) is 11.8 Å². The molecule has 0 aliphatic carbocycles. The smallest absolute Gasteiger partial charge is 0.232 e. The number of imide groups is 1. The van der Waals surface area contributed by atoms with Gasteiger partial charge < -0.3 is 0 Å². The van der Waals surface area contributed by atoms with Crippen LogP contribution >= 0.6 is 0 Å². The number of carbonyl (C=O) groups is 3. The molecule has 5 nitrogen and oxygen atoms in total. The molecular weight excluding hydrogens is 184 g/mol. The summed E-state index contributed by atoms with van der Waals surface area (Å²) >= 11 is 0. The molecule has 1 unspecified atom stereocenters. The van der Waals surface area contributed by atoms with Crippen molar-refractivity contribution in [2.75, 3.05) is 13.1 Å². The average molecular weight is 196 g/mol. The molecule has 1 aliphatic rings. The van der Waals surface area contributed by atoms with Crippen molar-refractivity contribution in [3.8, 4) is 0 Å². The highest BCUT2D eigenvalue weighted by Gasteiger charge is 2.36. The Morgan fingerprint density at radius 3 is 2.71 bits per heavy atom. The molecule has 76 valence electrons. The minimum atomic E-state index is -0.299. The van der Waals surface area contributed by atoms with Gasteiger partial charge in [0, 0.05) is 12.3 Å². The van der Waals surface area contributed by atoms with Crippen LogP contribution in [-0.4, -0.2) is 42.3 Å². The van der Waals surface area contributed by atoms with Crippen LogP contribution in [-0.2, 0) is 14.4 Å². The Bertz CT molecular complexity index is 298. The van der Waals surface area contributed by atoms with Gasteiger partial charge in [0.15, 0.2) is 5.78 Å². The maximum atomic E-state index is 11.4. The van der Waals surface area contributed by atoms with Gasteiger partial charge in [-0.05, 0) is 6.72 Å². The Hall–Kier alpha value is -1.52. The zero-order chi connectivity index (χ0) is 10.7. The molecule has 0 aromatic carbocycles. The molecule has 0 bridgehead atoms. The Labute approximate surface area is 81.8 Å². The van der Waals surface area contributed by atoms with Crippen LogP contribution in [0.2, 0.25) is 0 Å². The summed E-state index contributed by atoms with van der Waals surface area (Å²) in [5, 5.41) is 0. The second kappa shape index (κ2) is 4.13. The SMILES string of the molecule is C=NCC(=O)CN1C(=O)CC(C)C1=O. The summed E-state index contributed by atoms with van der Waals surface area (Å²) < 4.78 is 0. The van der Waals surface area contributed by atoms with Crippen molar-refractivity contribution in [3.05, 3.63) is 0 Å². The number of hydrogen-bond acceptors (Lipinski definition) is 4. The van der Waals surface area contributed by atoms with Gasteiger partial charge in [0.25, 0.3) is 0 Å². The molecular formula is C9H12N2O3. The largest absolute Gasteiger partial charge is 0.296 e. The van der Waals surface area contributed by atoms with E-state index in [1.807, 2.05) is 0 Å². The van der Waals surface area contributed by atoms with Crippen molar-refractivity contribution < 1.29 is 14.4 Å². The lowest BCUT2D eigenvalue weighted by atomic mass is 10.1. The normalized spacial score (nSPS) is 21.5. The number of rotatable bonds is 4. The summed E-state index contributed by atoms with van der Waals surface area (Å²) in [6.07, 6.45) is 0.202. The van der Waals surface area contributed by atoms with Crippen LogP contribution in [0, 0.1) is 5.92 Å². The predicted molar refractivity (Wildman–Crippen MR) is 49.9 cm³/mol. The van der Waals surface area contributed by atoms with Crippen LogP contribution in [0.3, 0.4) is 0 Å². The van der Waals surface area contributed by atoms with Crippen LogP contribution < -0.4 is 0 Å². The number of amides is 2. The van der Waals surface area contributed by atoms with E-state index in [0.29, 0.717) is 0 Å². The van der Waals surface area contributed by atoms with Crippen LogP contribution in [0.25, 0.3) is 0 Å². The van der Waals surface area contributed by atoms with E-state index in [-0.39, 0.29) is 43.0 Å². The molecule has 1 aliphatic heterocycles. The molecule has 0 saturated carbocycles. The Balaban J connectivity index is 2.60. The molecule has 2 amide bonds. The van der Waals surface area contributed by atoms with Crippen LogP contribution in [0.1, 0.15) is 13.3 Å². The van der Waals surface area contributed by atoms with Gasteiger partial charge in [-0.2, -0.15) is 0 Å². The van der Waals surface area contributed by atoms with Crippen LogP contribution in [0.4, 0.5) is 0 Å². The van der Waals surface area contributed by atoms with E-state index in [1.165, 1.54) is 0 Å². The number of aliphatic imine (C=N–C) groups is 1. The first-order valence-electron chi connectivity index (χ1n) is 4.34. The lowest BCUT2D eigenvalue weighted by Gasteiger charge is -2.11. The van der Waals surface area contributed by atoms with Crippen molar-refractivity contribution in [1.82, 2.24) is 4.90 Å². The van der Waals surface area contributed by atoms with Gasteiger partial charge in [0.1, 0.15) is 0 Å². The Kier molecular flexibility index (Phi) is 3.11. The van der Waals surface area contributed by atoms with Crippen molar-refractivity contribution in [3.63, 3.8) is 0 Å². The molecule has 0 radical (unpaired) electrons.